The van der Waals surface area contributed by atoms with Gasteiger partial charge in [0.05, 0.1) is 19.3 Å². The zero-order valence-corrected chi connectivity index (χ0v) is 15.1. The molecule has 3 N–H and O–H groups in total. The van der Waals surface area contributed by atoms with Crippen LogP contribution in [-0.2, 0) is 20.7 Å². The molecule has 27 heavy (non-hydrogen) atoms. The minimum absolute atomic E-state index is 0.138. The summed E-state index contributed by atoms with van der Waals surface area (Å²) in [5.41, 5.74) is 1.35. The number of benzene rings is 2. The summed E-state index contributed by atoms with van der Waals surface area (Å²) in [6.45, 7) is 4.22. The third kappa shape index (κ3) is 6.97. The molecule has 146 valence electrons. The van der Waals surface area contributed by atoms with E-state index >= 15 is 0 Å². The van der Waals surface area contributed by atoms with E-state index in [1.54, 1.807) is 0 Å². The number of carbonyl (C=O) groups is 2. The first-order valence-electron chi connectivity index (χ1n) is 8.88. The molecule has 0 bridgehead atoms. The Morgan fingerprint density at radius 1 is 1.04 bits per heavy atom. The second-order valence-corrected chi connectivity index (χ2v) is 6.35. The van der Waals surface area contributed by atoms with Gasteiger partial charge in [0.2, 0.25) is 0 Å². The Morgan fingerprint density at radius 3 is 2.41 bits per heavy atom. The van der Waals surface area contributed by atoms with Crippen LogP contribution in [0.3, 0.4) is 0 Å². The number of aliphatic hydroxyl groups is 1. The molecule has 3 rings (SSSR count). The fourth-order valence-corrected chi connectivity index (χ4v) is 3.00. The lowest BCUT2D eigenvalue weighted by molar-refractivity contribution is -0.159. The van der Waals surface area contributed by atoms with Crippen molar-refractivity contribution in [3.8, 4) is 0 Å². The molecule has 1 aliphatic rings. The number of hydrogen-bond donors (Lipinski definition) is 3. The maximum absolute atomic E-state index is 9.47. The quantitative estimate of drug-likeness (QED) is 0.520. The summed E-state index contributed by atoms with van der Waals surface area (Å²) in [6.07, 6.45) is 1.71. The predicted molar refractivity (Wildman–Crippen MR) is 101 cm³/mol. The van der Waals surface area contributed by atoms with Gasteiger partial charge in [0.1, 0.15) is 0 Å². The molecule has 7 heteroatoms. The second kappa shape index (κ2) is 10.6. The second-order valence-electron chi connectivity index (χ2n) is 6.35. The Labute approximate surface area is 157 Å². The van der Waals surface area contributed by atoms with Crippen LogP contribution in [0.15, 0.2) is 42.5 Å². The third-order valence-electron chi connectivity index (χ3n) is 4.38. The Kier molecular flexibility index (Phi) is 8.19. The number of β-amino-alcohol motifs (C(OH)–C–C–N with tert-alkyl or cyclic N) is 1. The summed E-state index contributed by atoms with van der Waals surface area (Å²) in [5, 5.41) is 26.9. The molecule has 1 heterocycles. The fraction of sp³-hybridized carbons (Fsp3) is 0.400. The number of rotatable bonds is 6. The number of carboxylic acid groups (broad SMARTS) is 2. The highest BCUT2D eigenvalue weighted by molar-refractivity contribution is 6.27. The fourth-order valence-electron chi connectivity index (χ4n) is 3.00. The van der Waals surface area contributed by atoms with Crippen molar-refractivity contribution < 1.29 is 29.6 Å². The van der Waals surface area contributed by atoms with Crippen molar-refractivity contribution in [1.82, 2.24) is 4.90 Å². The largest absolute Gasteiger partial charge is 0.473 e. The number of hydrogen-bond acceptors (Lipinski definition) is 5. The van der Waals surface area contributed by atoms with Crippen LogP contribution < -0.4 is 0 Å². The molecule has 7 nitrogen and oxygen atoms in total. The molecule has 0 amide bonds. The third-order valence-corrected chi connectivity index (χ3v) is 4.38. The number of ether oxygens (including phenoxy) is 1. The summed E-state index contributed by atoms with van der Waals surface area (Å²) in [5.74, 6) is -3.65. The summed E-state index contributed by atoms with van der Waals surface area (Å²) in [4.78, 5) is 20.5. The molecule has 0 aromatic heterocycles. The van der Waals surface area contributed by atoms with Crippen LogP contribution in [0, 0.1) is 0 Å². The van der Waals surface area contributed by atoms with Gasteiger partial charge in [0.15, 0.2) is 0 Å². The van der Waals surface area contributed by atoms with Crippen LogP contribution in [0.4, 0.5) is 0 Å². The Balaban J connectivity index is 0.000000380. The average molecular weight is 375 g/mol. The molecule has 0 spiro atoms. The van der Waals surface area contributed by atoms with Gasteiger partial charge < -0.3 is 20.1 Å². The van der Waals surface area contributed by atoms with E-state index in [2.05, 4.69) is 47.4 Å². The normalized spacial score (nSPS) is 16.7. The van der Waals surface area contributed by atoms with Gasteiger partial charge in [-0.15, -0.1) is 0 Å². The lowest BCUT2D eigenvalue weighted by Crippen LogP contribution is -2.26. The molecule has 1 fully saturated rings. The number of likely N-dealkylation sites (tertiary alicyclic amines) is 1. The summed E-state index contributed by atoms with van der Waals surface area (Å²) in [6, 6.07) is 14.9. The van der Waals surface area contributed by atoms with Crippen molar-refractivity contribution in [3.63, 3.8) is 0 Å². The first kappa shape index (κ1) is 20.8. The van der Waals surface area contributed by atoms with Crippen molar-refractivity contribution in [1.29, 1.82) is 0 Å². The van der Waals surface area contributed by atoms with Crippen LogP contribution >= 0.6 is 0 Å². The van der Waals surface area contributed by atoms with E-state index in [1.165, 1.54) is 16.3 Å². The van der Waals surface area contributed by atoms with E-state index in [0.29, 0.717) is 0 Å². The zero-order valence-electron chi connectivity index (χ0n) is 15.1. The summed E-state index contributed by atoms with van der Waals surface area (Å²) >= 11 is 0. The highest BCUT2D eigenvalue weighted by atomic mass is 16.5. The first-order valence-corrected chi connectivity index (χ1v) is 8.88. The van der Waals surface area contributed by atoms with Gasteiger partial charge in [0.25, 0.3) is 0 Å². The molecule has 2 aromatic carbocycles. The molecule has 1 aliphatic heterocycles. The summed E-state index contributed by atoms with van der Waals surface area (Å²) in [7, 11) is 0. The monoisotopic (exact) mass is 375 g/mol. The molecule has 1 unspecified atom stereocenters. The van der Waals surface area contributed by atoms with Gasteiger partial charge in [-0.3, -0.25) is 4.90 Å². The van der Waals surface area contributed by atoms with E-state index < -0.39 is 11.9 Å². The number of aliphatic hydroxyl groups excluding tert-OH is 1. The SMILES string of the molecule is O=C(O)C(=O)O.OC1CCN(CCOCCc2cccc3ccccc23)C1. The highest BCUT2D eigenvalue weighted by Gasteiger charge is 2.19. The van der Waals surface area contributed by atoms with E-state index in [4.69, 9.17) is 24.5 Å². The Hall–Kier alpha value is -2.48. The molecule has 0 saturated carbocycles. The van der Waals surface area contributed by atoms with Crippen molar-refractivity contribution in [2.45, 2.75) is 18.9 Å². The Morgan fingerprint density at radius 2 is 1.74 bits per heavy atom. The van der Waals surface area contributed by atoms with E-state index in [9.17, 15) is 5.11 Å². The first-order chi connectivity index (χ1) is 13.0. The van der Waals surface area contributed by atoms with Gasteiger partial charge in [-0.05, 0) is 29.2 Å². The van der Waals surface area contributed by atoms with Crippen molar-refractivity contribution in [2.75, 3.05) is 32.8 Å². The smallest absolute Gasteiger partial charge is 0.414 e. The van der Waals surface area contributed by atoms with Gasteiger partial charge >= 0.3 is 11.9 Å². The molecule has 0 radical (unpaired) electrons. The number of aliphatic carboxylic acids is 2. The van der Waals surface area contributed by atoms with Gasteiger partial charge in [-0.25, -0.2) is 9.59 Å². The zero-order chi connectivity index (χ0) is 19.6. The van der Waals surface area contributed by atoms with Crippen LogP contribution in [0.2, 0.25) is 0 Å². The van der Waals surface area contributed by atoms with Crippen molar-refractivity contribution >= 4 is 22.7 Å². The number of fused-ring (bicyclic) bond motifs is 1. The van der Waals surface area contributed by atoms with E-state index in [0.717, 1.165) is 45.7 Å². The van der Waals surface area contributed by atoms with E-state index in [-0.39, 0.29) is 6.10 Å². The standard InChI is InChI=1S/C18H23NO2.C2H2O4/c20-17-8-10-19(14-17)11-13-21-12-9-16-6-3-5-15-4-1-2-7-18(15)16;3-1(4)2(5)6/h1-7,17,20H,8-14H2;(H,3,4)(H,5,6). The number of nitrogens with zero attached hydrogens (tertiary/aromatic N) is 1. The molecular weight excluding hydrogens is 350 g/mol. The van der Waals surface area contributed by atoms with Crippen LogP contribution in [-0.4, -0.2) is 71.1 Å². The maximum atomic E-state index is 9.47. The maximum Gasteiger partial charge on any atom is 0.414 e. The minimum Gasteiger partial charge on any atom is -0.473 e. The Bertz CT molecular complexity index is 746. The van der Waals surface area contributed by atoms with E-state index in [1.807, 2.05) is 0 Å². The molecule has 0 aliphatic carbocycles. The highest BCUT2D eigenvalue weighted by Crippen LogP contribution is 2.18. The lowest BCUT2D eigenvalue weighted by atomic mass is 10.0. The lowest BCUT2D eigenvalue weighted by Gasteiger charge is -2.14. The van der Waals surface area contributed by atoms with Gasteiger partial charge in [0, 0.05) is 19.6 Å². The topological polar surface area (TPSA) is 107 Å². The van der Waals surface area contributed by atoms with Gasteiger partial charge in [-0.1, -0.05) is 42.5 Å². The predicted octanol–water partition coefficient (Wildman–Crippen LogP) is 1.62. The average Bonchev–Trinajstić information content (AvgIpc) is 3.07. The number of carboxylic acids is 2. The minimum atomic E-state index is -1.82. The molecule has 1 atom stereocenters. The van der Waals surface area contributed by atoms with Crippen LogP contribution in [0.1, 0.15) is 12.0 Å². The molecular formula is C20H25NO6. The molecule has 1 saturated heterocycles. The van der Waals surface area contributed by atoms with Gasteiger partial charge in [-0.2, -0.15) is 0 Å². The summed E-state index contributed by atoms with van der Waals surface area (Å²) < 4.78 is 5.76. The molecule has 2 aromatic rings. The van der Waals surface area contributed by atoms with Crippen molar-refractivity contribution in [3.05, 3.63) is 48.0 Å². The van der Waals surface area contributed by atoms with Crippen LogP contribution in [0.25, 0.3) is 10.8 Å². The van der Waals surface area contributed by atoms with Crippen molar-refractivity contribution in [2.24, 2.45) is 0 Å². The van der Waals surface area contributed by atoms with Crippen LogP contribution in [0.5, 0.6) is 0 Å².